The van der Waals surface area contributed by atoms with Gasteiger partial charge in [-0.2, -0.15) is 0 Å². The second-order valence-electron chi connectivity index (χ2n) is 3.76. The highest BCUT2D eigenvalue weighted by Gasteiger charge is 2.22. The molecule has 16 heavy (non-hydrogen) atoms. The number of carboxylic acid groups (broad SMARTS) is 1. The molecule has 0 aromatic carbocycles. The number of amides is 2. The molecular formula is C9H16N2O5. The number of carboxylic acids is 1. The van der Waals surface area contributed by atoms with Crippen LogP contribution in [0.2, 0.25) is 0 Å². The van der Waals surface area contributed by atoms with Crippen molar-refractivity contribution in [2.45, 2.75) is 25.0 Å². The predicted octanol–water partition coefficient (Wildman–Crippen LogP) is -1.40. The quantitative estimate of drug-likeness (QED) is 0.478. The normalized spacial score (nSPS) is 19.2. The number of likely N-dealkylation sites (tertiary alicyclic amines) is 1. The Balaban J connectivity index is 2.27. The summed E-state index contributed by atoms with van der Waals surface area (Å²) in [6.07, 6.45) is -0.905. The lowest BCUT2D eigenvalue weighted by atomic mass is 10.1. The van der Waals surface area contributed by atoms with Gasteiger partial charge in [-0.1, -0.05) is 0 Å². The van der Waals surface area contributed by atoms with Crippen LogP contribution < -0.4 is 5.32 Å². The molecule has 0 aromatic rings. The van der Waals surface area contributed by atoms with Gasteiger partial charge in [0.2, 0.25) is 0 Å². The predicted molar refractivity (Wildman–Crippen MR) is 53.9 cm³/mol. The van der Waals surface area contributed by atoms with Crippen molar-refractivity contribution in [3.63, 3.8) is 0 Å². The molecule has 1 aliphatic heterocycles. The van der Waals surface area contributed by atoms with Crippen molar-refractivity contribution in [1.82, 2.24) is 10.2 Å². The van der Waals surface area contributed by atoms with Gasteiger partial charge in [-0.15, -0.1) is 0 Å². The van der Waals surface area contributed by atoms with Gasteiger partial charge in [0.05, 0.1) is 12.6 Å². The Morgan fingerprint density at radius 3 is 2.44 bits per heavy atom. The maximum absolute atomic E-state index is 11.5. The van der Waals surface area contributed by atoms with Gasteiger partial charge in [-0.3, -0.25) is 0 Å². The van der Waals surface area contributed by atoms with Gasteiger partial charge in [0, 0.05) is 13.1 Å². The average Bonchev–Trinajstić information content (AvgIpc) is 2.26. The number of carbonyl (C=O) groups excluding carboxylic acids is 1. The molecule has 1 fully saturated rings. The molecule has 0 aliphatic carbocycles. The van der Waals surface area contributed by atoms with Crippen molar-refractivity contribution in [3.05, 3.63) is 0 Å². The number of nitrogens with one attached hydrogen (secondary N) is 1. The lowest BCUT2D eigenvalue weighted by Crippen LogP contribution is -2.48. The Morgan fingerprint density at radius 1 is 1.38 bits per heavy atom. The molecule has 0 saturated carbocycles. The lowest BCUT2D eigenvalue weighted by molar-refractivity contribution is -0.146. The monoisotopic (exact) mass is 232 g/mol. The first kappa shape index (κ1) is 12.7. The van der Waals surface area contributed by atoms with Crippen molar-refractivity contribution in [1.29, 1.82) is 0 Å². The van der Waals surface area contributed by atoms with Crippen LogP contribution in [0.3, 0.4) is 0 Å². The topological polar surface area (TPSA) is 110 Å². The van der Waals surface area contributed by atoms with E-state index in [2.05, 4.69) is 5.32 Å². The van der Waals surface area contributed by atoms with E-state index in [1.165, 1.54) is 4.90 Å². The third kappa shape index (κ3) is 3.67. The van der Waals surface area contributed by atoms with Crippen molar-refractivity contribution < 1.29 is 24.9 Å². The Bertz CT molecular complexity index is 263. The molecule has 0 radical (unpaired) electrons. The minimum atomic E-state index is -1.58. The van der Waals surface area contributed by atoms with E-state index in [1.54, 1.807) is 0 Å². The summed E-state index contributed by atoms with van der Waals surface area (Å²) in [5.74, 6) is -1.37. The molecule has 1 rings (SSSR count). The molecule has 1 saturated heterocycles. The highest BCUT2D eigenvalue weighted by Crippen LogP contribution is 2.09. The van der Waals surface area contributed by atoms with E-state index in [1.807, 2.05) is 0 Å². The van der Waals surface area contributed by atoms with Crippen LogP contribution in [0.15, 0.2) is 0 Å². The minimum Gasteiger partial charge on any atom is -0.479 e. The van der Waals surface area contributed by atoms with Gasteiger partial charge < -0.3 is 25.5 Å². The smallest absolute Gasteiger partial charge is 0.334 e. The molecule has 2 amide bonds. The zero-order chi connectivity index (χ0) is 12.1. The van der Waals surface area contributed by atoms with Crippen LogP contribution in [-0.4, -0.2) is 64.1 Å². The van der Waals surface area contributed by atoms with Gasteiger partial charge in [0.15, 0.2) is 6.10 Å². The molecule has 0 bridgehead atoms. The summed E-state index contributed by atoms with van der Waals surface area (Å²) < 4.78 is 0. The average molecular weight is 232 g/mol. The van der Waals surface area contributed by atoms with Crippen LogP contribution in [0, 0.1) is 0 Å². The molecule has 4 N–H and O–H groups in total. The van der Waals surface area contributed by atoms with Crippen molar-refractivity contribution in [2.75, 3.05) is 19.6 Å². The lowest BCUT2D eigenvalue weighted by Gasteiger charge is -2.29. The van der Waals surface area contributed by atoms with Crippen molar-refractivity contribution in [2.24, 2.45) is 0 Å². The second kappa shape index (κ2) is 5.66. The van der Waals surface area contributed by atoms with Crippen LogP contribution in [0.1, 0.15) is 12.8 Å². The number of aliphatic hydroxyl groups excluding tert-OH is 2. The fourth-order valence-corrected chi connectivity index (χ4v) is 1.45. The summed E-state index contributed by atoms with van der Waals surface area (Å²) in [6, 6.07) is -0.410. The van der Waals surface area contributed by atoms with Gasteiger partial charge in [-0.25, -0.2) is 9.59 Å². The van der Waals surface area contributed by atoms with Crippen LogP contribution in [0.4, 0.5) is 4.79 Å². The summed E-state index contributed by atoms with van der Waals surface area (Å²) in [7, 11) is 0. The first-order valence-electron chi connectivity index (χ1n) is 5.12. The molecule has 7 nitrogen and oxygen atoms in total. The van der Waals surface area contributed by atoms with Crippen LogP contribution in [0.25, 0.3) is 0 Å². The molecule has 0 spiro atoms. The molecule has 1 aliphatic rings. The van der Waals surface area contributed by atoms with Gasteiger partial charge >= 0.3 is 12.0 Å². The number of hydrogen-bond donors (Lipinski definition) is 4. The second-order valence-corrected chi connectivity index (χ2v) is 3.76. The zero-order valence-electron chi connectivity index (χ0n) is 8.80. The van der Waals surface area contributed by atoms with E-state index >= 15 is 0 Å². The first-order chi connectivity index (χ1) is 7.50. The number of urea groups is 1. The largest absolute Gasteiger partial charge is 0.479 e. The standard InChI is InChI=1S/C9H16N2O5/c12-6-1-3-11(4-2-6)9(16)10-5-7(13)8(14)15/h6-7,12-13H,1-5H2,(H,10,16)(H,14,15). The summed E-state index contributed by atoms with van der Waals surface area (Å²) in [5, 5.41) is 28.9. The maximum atomic E-state index is 11.5. The maximum Gasteiger partial charge on any atom is 0.334 e. The van der Waals surface area contributed by atoms with E-state index in [-0.39, 0.29) is 12.6 Å². The number of rotatable bonds is 3. The number of hydrogen-bond acceptors (Lipinski definition) is 4. The van der Waals surface area contributed by atoms with Crippen LogP contribution in [0.5, 0.6) is 0 Å². The van der Waals surface area contributed by atoms with E-state index in [4.69, 9.17) is 10.2 Å². The molecule has 7 heteroatoms. The molecule has 1 atom stereocenters. The summed E-state index contributed by atoms with van der Waals surface area (Å²) in [5.41, 5.74) is 0. The highest BCUT2D eigenvalue weighted by molar-refractivity contribution is 5.76. The van der Waals surface area contributed by atoms with Crippen LogP contribution in [-0.2, 0) is 4.79 Å². The van der Waals surface area contributed by atoms with E-state index in [9.17, 15) is 14.7 Å². The fraction of sp³-hybridized carbons (Fsp3) is 0.778. The van der Waals surface area contributed by atoms with Gasteiger partial charge in [0.1, 0.15) is 0 Å². The molecular weight excluding hydrogens is 216 g/mol. The van der Waals surface area contributed by atoms with Gasteiger partial charge in [-0.05, 0) is 12.8 Å². The third-order valence-electron chi connectivity index (χ3n) is 2.48. The van der Waals surface area contributed by atoms with E-state index in [0.717, 1.165) is 0 Å². The number of piperidine rings is 1. The number of aliphatic carboxylic acids is 1. The number of aliphatic hydroxyl groups is 2. The molecule has 0 aromatic heterocycles. The number of nitrogens with zero attached hydrogens (tertiary/aromatic N) is 1. The summed E-state index contributed by atoms with van der Waals surface area (Å²) in [4.78, 5) is 23.2. The van der Waals surface area contributed by atoms with E-state index < -0.39 is 18.1 Å². The molecule has 92 valence electrons. The van der Waals surface area contributed by atoms with Crippen molar-refractivity contribution >= 4 is 12.0 Å². The number of carbonyl (C=O) groups is 2. The van der Waals surface area contributed by atoms with Crippen LogP contribution >= 0.6 is 0 Å². The SMILES string of the molecule is O=C(O)C(O)CNC(=O)N1CCC(O)CC1. The highest BCUT2D eigenvalue weighted by atomic mass is 16.4. The Morgan fingerprint density at radius 2 is 1.94 bits per heavy atom. The molecule has 1 unspecified atom stereocenters. The summed E-state index contributed by atoms with van der Waals surface area (Å²) >= 11 is 0. The fourth-order valence-electron chi connectivity index (χ4n) is 1.45. The summed E-state index contributed by atoms with van der Waals surface area (Å²) in [6.45, 7) is 0.569. The van der Waals surface area contributed by atoms with Crippen molar-refractivity contribution in [3.8, 4) is 0 Å². The molecule has 1 heterocycles. The third-order valence-corrected chi connectivity index (χ3v) is 2.48. The Kier molecular flexibility index (Phi) is 4.51. The van der Waals surface area contributed by atoms with Gasteiger partial charge in [0.25, 0.3) is 0 Å². The first-order valence-corrected chi connectivity index (χ1v) is 5.12. The van der Waals surface area contributed by atoms with E-state index in [0.29, 0.717) is 25.9 Å². The Hall–Kier alpha value is -1.34. The Labute approximate surface area is 92.7 Å². The minimum absolute atomic E-state index is 0.312. The zero-order valence-corrected chi connectivity index (χ0v) is 8.80.